The van der Waals surface area contributed by atoms with Crippen LogP contribution in [0.3, 0.4) is 0 Å². The molecule has 0 aromatic rings. The van der Waals surface area contributed by atoms with E-state index in [9.17, 15) is 0 Å². The van der Waals surface area contributed by atoms with Crippen LogP contribution in [0.2, 0.25) is 0 Å². The molecule has 0 atom stereocenters. The Morgan fingerprint density at radius 1 is 0.462 bits per heavy atom. The van der Waals surface area contributed by atoms with E-state index in [1.807, 2.05) is 0 Å². The average molecular weight is 369 g/mol. The molecule has 1 N–H and O–H groups in total. The van der Waals surface area contributed by atoms with Crippen molar-refractivity contribution < 1.29 is 0 Å². The van der Waals surface area contributed by atoms with Crippen molar-refractivity contribution in [1.29, 1.82) is 0 Å². The lowest BCUT2D eigenvalue weighted by atomic mass is 10.1. The van der Waals surface area contributed by atoms with Crippen LogP contribution in [0.5, 0.6) is 0 Å². The lowest BCUT2D eigenvalue weighted by Gasteiger charge is -2.30. The summed E-state index contributed by atoms with van der Waals surface area (Å²) in [7, 11) is 0. The summed E-state index contributed by atoms with van der Waals surface area (Å²) >= 11 is 0. The molecule has 3 aliphatic heterocycles. The van der Waals surface area contributed by atoms with Crippen molar-refractivity contribution in [2.45, 2.75) is 91.8 Å². The van der Waals surface area contributed by atoms with Gasteiger partial charge in [0, 0.05) is 44.3 Å². The first-order valence-corrected chi connectivity index (χ1v) is 11.3. The molecule has 4 nitrogen and oxygen atoms in total. The van der Waals surface area contributed by atoms with Gasteiger partial charge >= 0.3 is 0 Å². The Bertz CT molecular complexity index is 290. The number of piperidine rings is 1. The molecule has 0 radical (unpaired) electrons. The van der Waals surface area contributed by atoms with Crippen LogP contribution in [0.15, 0.2) is 0 Å². The van der Waals surface area contributed by atoms with Crippen molar-refractivity contribution in [3.63, 3.8) is 0 Å². The van der Waals surface area contributed by atoms with Crippen LogP contribution >= 0.6 is 0 Å². The molecule has 156 valence electrons. The van der Waals surface area contributed by atoms with Gasteiger partial charge in [-0.15, -0.1) is 0 Å². The monoisotopic (exact) mass is 368 g/mol. The summed E-state index contributed by atoms with van der Waals surface area (Å²) < 4.78 is 0. The highest BCUT2D eigenvalue weighted by Gasteiger charge is 2.13. The molecule has 0 unspecified atom stereocenters. The van der Waals surface area contributed by atoms with Gasteiger partial charge in [0.05, 0.1) is 0 Å². The van der Waals surface area contributed by atoms with Gasteiger partial charge in [0.2, 0.25) is 0 Å². The van der Waals surface area contributed by atoms with E-state index in [-0.39, 0.29) is 0 Å². The van der Waals surface area contributed by atoms with Gasteiger partial charge in [-0.1, -0.05) is 6.42 Å². The van der Waals surface area contributed by atoms with Crippen molar-refractivity contribution in [1.82, 2.24) is 20.0 Å². The number of hydrogen-bond acceptors (Lipinski definition) is 4. The smallest absolute Gasteiger partial charge is 0.0110 e. The lowest BCUT2D eigenvalue weighted by molar-refractivity contribution is 0.185. The maximum Gasteiger partial charge on any atom is 0.0110 e. The third-order valence-electron chi connectivity index (χ3n) is 5.87. The second kappa shape index (κ2) is 13.9. The molecule has 3 fully saturated rings. The van der Waals surface area contributed by atoms with Gasteiger partial charge < -0.3 is 15.1 Å². The Labute approximate surface area is 164 Å². The number of hydrogen-bond donors (Lipinski definition) is 1. The zero-order chi connectivity index (χ0) is 19.4. The first kappa shape index (κ1) is 23.9. The Morgan fingerprint density at radius 3 is 1.04 bits per heavy atom. The zero-order valence-electron chi connectivity index (χ0n) is 18.8. The number of piperazine rings is 1. The van der Waals surface area contributed by atoms with E-state index in [1.165, 1.54) is 71.4 Å². The Hall–Kier alpha value is -0.160. The van der Waals surface area contributed by atoms with E-state index in [2.05, 4.69) is 61.6 Å². The summed E-state index contributed by atoms with van der Waals surface area (Å²) in [6.45, 7) is 23.7. The number of likely N-dealkylation sites (tertiary alicyclic amines) is 2. The molecular formula is C22H48N4. The Morgan fingerprint density at radius 2 is 0.769 bits per heavy atom. The summed E-state index contributed by atoms with van der Waals surface area (Å²) in [5, 5.41) is 3.33. The quantitative estimate of drug-likeness (QED) is 0.820. The predicted octanol–water partition coefficient (Wildman–Crippen LogP) is 3.67. The molecule has 3 aliphatic rings. The number of rotatable bonds is 3. The van der Waals surface area contributed by atoms with Gasteiger partial charge in [0.25, 0.3) is 0 Å². The van der Waals surface area contributed by atoms with Crippen molar-refractivity contribution in [2.75, 3.05) is 52.4 Å². The molecule has 0 spiro atoms. The van der Waals surface area contributed by atoms with Gasteiger partial charge in [0.15, 0.2) is 0 Å². The van der Waals surface area contributed by atoms with Crippen LogP contribution < -0.4 is 5.32 Å². The second-order valence-electron chi connectivity index (χ2n) is 8.91. The fourth-order valence-corrected chi connectivity index (χ4v) is 3.89. The van der Waals surface area contributed by atoms with E-state index < -0.39 is 0 Å². The van der Waals surface area contributed by atoms with E-state index in [0.29, 0.717) is 0 Å². The zero-order valence-corrected chi connectivity index (χ0v) is 18.8. The molecule has 3 heterocycles. The first-order chi connectivity index (χ1) is 12.4. The molecular weight excluding hydrogens is 320 g/mol. The predicted molar refractivity (Wildman–Crippen MR) is 116 cm³/mol. The van der Waals surface area contributed by atoms with Crippen LogP contribution in [0.1, 0.15) is 73.6 Å². The molecule has 0 amide bonds. The minimum Gasteiger partial charge on any atom is -0.314 e. The standard InChI is InChI=1S/C8H17N.C7H16N2.C7H15N/c1-8(2)9-6-4-3-5-7-9;1-7(2)9-5-3-8-4-6-9;1-7(2)8-5-3-4-6-8/h8H,3-7H2,1-2H3;7-8H,3-6H2,1-2H3;7H,3-6H2,1-2H3. The Balaban J connectivity index is 0.000000195. The maximum atomic E-state index is 3.33. The van der Waals surface area contributed by atoms with Crippen LogP contribution in [-0.2, 0) is 0 Å². The third-order valence-corrected chi connectivity index (χ3v) is 5.87. The molecule has 0 aromatic carbocycles. The van der Waals surface area contributed by atoms with Crippen molar-refractivity contribution >= 4 is 0 Å². The van der Waals surface area contributed by atoms with Gasteiger partial charge in [-0.05, 0) is 93.4 Å². The third kappa shape index (κ3) is 10.2. The highest BCUT2D eigenvalue weighted by atomic mass is 15.2. The topological polar surface area (TPSA) is 21.8 Å². The van der Waals surface area contributed by atoms with Crippen molar-refractivity contribution in [3.05, 3.63) is 0 Å². The van der Waals surface area contributed by atoms with Crippen molar-refractivity contribution in [2.24, 2.45) is 0 Å². The highest BCUT2D eigenvalue weighted by Crippen LogP contribution is 2.11. The Kier molecular flexibility index (Phi) is 12.8. The SMILES string of the molecule is CC(C)N1CCCC1.CC(C)N1CCCCC1.CC(C)N1CCNCC1. The fraction of sp³-hybridized carbons (Fsp3) is 1.00. The van der Waals surface area contributed by atoms with E-state index >= 15 is 0 Å². The van der Waals surface area contributed by atoms with Crippen LogP contribution in [-0.4, -0.2) is 85.2 Å². The van der Waals surface area contributed by atoms with Crippen LogP contribution in [0.25, 0.3) is 0 Å². The lowest BCUT2D eigenvalue weighted by Crippen LogP contribution is -2.46. The van der Waals surface area contributed by atoms with E-state index in [0.717, 1.165) is 31.2 Å². The van der Waals surface area contributed by atoms with Crippen LogP contribution in [0.4, 0.5) is 0 Å². The molecule has 0 aromatic heterocycles. The maximum absolute atomic E-state index is 3.33. The summed E-state index contributed by atoms with van der Waals surface area (Å²) in [6, 6.07) is 2.27. The molecule has 3 saturated heterocycles. The van der Waals surface area contributed by atoms with Gasteiger partial charge in [-0.25, -0.2) is 0 Å². The summed E-state index contributed by atoms with van der Waals surface area (Å²) in [4.78, 5) is 7.58. The summed E-state index contributed by atoms with van der Waals surface area (Å²) in [5.41, 5.74) is 0. The van der Waals surface area contributed by atoms with Gasteiger partial charge in [-0.2, -0.15) is 0 Å². The average Bonchev–Trinajstić information content (AvgIpc) is 3.19. The molecule has 3 rings (SSSR count). The second-order valence-corrected chi connectivity index (χ2v) is 8.91. The highest BCUT2D eigenvalue weighted by molar-refractivity contribution is 4.70. The van der Waals surface area contributed by atoms with E-state index in [4.69, 9.17) is 0 Å². The van der Waals surface area contributed by atoms with Crippen LogP contribution in [0, 0.1) is 0 Å². The van der Waals surface area contributed by atoms with Gasteiger partial charge in [-0.3, -0.25) is 4.90 Å². The molecule has 0 aliphatic carbocycles. The van der Waals surface area contributed by atoms with Crippen molar-refractivity contribution in [3.8, 4) is 0 Å². The van der Waals surface area contributed by atoms with Gasteiger partial charge in [0.1, 0.15) is 0 Å². The molecule has 0 bridgehead atoms. The van der Waals surface area contributed by atoms with E-state index in [1.54, 1.807) is 0 Å². The minimum atomic E-state index is 0.729. The summed E-state index contributed by atoms with van der Waals surface area (Å²) in [5.74, 6) is 0. The largest absolute Gasteiger partial charge is 0.314 e. The molecule has 26 heavy (non-hydrogen) atoms. The first-order valence-electron chi connectivity index (χ1n) is 11.3. The molecule has 0 saturated carbocycles. The summed E-state index contributed by atoms with van der Waals surface area (Å²) in [6.07, 6.45) is 7.11. The number of nitrogens with zero attached hydrogens (tertiary/aromatic N) is 3. The normalized spacial score (nSPS) is 23.0. The fourth-order valence-electron chi connectivity index (χ4n) is 3.89. The molecule has 4 heteroatoms. The number of nitrogens with one attached hydrogen (secondary N) is 1. The minimum absolute atomic E-state index is 0.729.